The molecule has 2 heterocycles. The molecule has 0 aliphatic heterocycles. The highest BCUT2D eigenvalue weighted by Crippen LogP contribution is 2.22. The number of anilines is 1. The molecule has 0 spiro atoms. The highest BCUT2D eigenvalue weighted by molar-refractivity contribution is 7.94. The van der Waals surface area contributed by atoms with E-state index in [1.54, 1.807) is 23.6 Å². The predicted octanol–water partition coefficient (Wildman–Crippen LogP) is 1.41. The maximum atomic E-state index is 12.4. The number of nitrogens with zero attached hydrogens (tertiary/aromatic N) is 2. The van der Waals surface area contributed by atoms with Gasteiger partial charge in [0.15, 0.2) is 0 Å². The molecule has 0 aliphatic rings. The number of rotatable bonds is 5. The van der Waals surface area contributed by atoms with Crippen molar-refractivity contribution in [2.24, 2.45) is 0 Å². The first-order valence-electron chi connectivity index (χ1n) is 7.49. The first-order valence-corrected chi connectivity index (χ1v) is 9.86. The third-order valence-corrected chi connectivity index (χ3v) is 6.02. The monoisotopic (exact) mass is 403 g/mol. The smallest absolute Gasteiger partial charge is 0.278 e. The van der Waals surface area contributed by atoms with Crippen LogP contribution in [0.25, 0.3) is 0 Å². The quantitative estimate of drug-likeness (QED) is 0.552. The molecule has 11 heteroatoms. The van der Waals surface area contributed by atoms with Crippen LogP contribution in [0.3, 0.4) is 0 Å². The average molecular weight is 403 g/mol. The summed E-state index contributed by atoms with van der Waals surface area (Å²) in [5.41, 5.74) is 4.56. The van der Waals surface area contributed by atoms with Crippen molar-refractivity contribution < 1.29 is 18.0 Å². The minimum Gasteiger partial charge on any atom is -0.278 e. The van der Waals surface area contributed by atoms with Gasteiger partial charge in [-0.1, -0.05) is 18.2 Å². The van der Waals surface area contributed by atoms with Crippen molar-refractivity contribution in [2.75, 3.05) is 4.72 Å². The molecule has 0 saturated heterocycles. The van der Waals surface area contributed by atoms with E-state index in [0.717, 1.165) is 11.3 Å². The van der Waals surface area contributed by atoms with Crippen LogP contribution in [0.15, 0.2) is 64.6 Å². The summed E-state index contributed by atoms with van der Waals surface area (Å²) >= 11 is 1.05. The second-order valence-electron chi connectivity index (χ2n) is 5.08. The van der Waals surface area contributed by atoms with Gasteiger partial charge in [0.05, 0.1) is 17.4 Å². The van der Waals surface area contributed by atoms with Gasteiger partial charge < -0.3 is 0 Å². The summed E-state index contributed by atoms with van der Waals surface area (Å²) < 4.78 is 27.2. The fourth-order valence-electron chi connectivity index (χ4n) is 2.04. The van der Waals surface area contributed by atoms with E-state index in [2.05, 4.69) is 25.5 Å². The fraction of sp³-hybridized carbons (Fsp3) is 0. The molecule has 138 valence electrons. The van der Waals surface area contributed by atoms with E-state index in [9.17, 15) is 18.0 Å². The Labute approximate surface area is 158 Å². The number of nitrogens with one attached hydrogen (secondary N) is 3. The van der Waals surface area contributed by atoms with Crippen LogP contribution in [0, 0.1) is 0 Å². The molecule has 3 aromatic rings. The van der Waals surface area contributed by atoms with Crippen molar-refractivity contribution >= 4 is 38.9 Å². The highest BCUT2D eigenvalue weighted by atomic mass is 32.2. The fourth-order valence-corrected chi connectivity index (χ4v) is 4.12. The van der Waals surface area contributed by atoms with Crippen LogP contribution < -0.4 is 15.6 Å². The lowest BCUT2D eigenvalue weighted by Crippen LogP contribution is -2.42. The Kier molecular flexibility index (Phi) is 5.43. The van der Waals surface area contributed by atoms with Crippen LogP contribution in [-0.2, 0) is 10.0 Å². The number of amides is 2. The number of hydrogen-bond acceptors (Lipinski definition) is 7. The topological polar surface area (TPSA) is 130 Å². The Balaban J connectivity index is 1.73. The minimum absolute atomic E-state index is 0.0180. The number of aromatic nitrogens is 2. The summed E-state index contributed by atoms with van der Waals surface area (Å²) in [7, 11) is -3.82. The number of benzene rings is 1. The van der Waals surface area contributed by atoms with Crippen molar-refractivity contribution in [2.45, 2.75) is 4.21 Å². The van der Waals surface area contributed by atoms with E-state index in [1.165, 1.54) is 36.8 Å². The Bertz CT molecular complexity index is 1050. The summed E-state index contributed by atoms with van der Waals surface area (Å²) in [6.45, 7) is 0. The van der Waals surface area contributed by atoms with E-state index in [4.69, 9.17) is 0 Å². The second-order valence-corrected chi connectivity index (χ2v) is 7.94. The standard InChI is InChI=1S/C16H13N5O4S2/c22-15(19-20-16(23)13-10-17-7-8-18-13)11-4-1-2-5-12(11)21-27(24,25)14-6-3-9-26-14/h1-10,21H,(H,19,22)(H,20,23). The molecule has 0 aliphatic carbocycles. The maximum absolute atomic E-state index is 12.4. The summed E-state index contributed by atoms with van der Waals surface area (Å²) in [5.74, 6) is -1.36. The van der Waals surface area contributed by atoms with Gasteiger partial charge >= 0.3 is 0 Å². The van der Waals surface area contributed by atoms with Crippen molar-refractivity contribution in [1.29, 1.82) is 0 Å². The van der Waals surface area contributed by atoms with E-state index in [-0.39, 0.29) is 21.2 Å². The van der Waals surface area contributed by atoms with Gasteiger partial charge in [-0.15, -0.1) is 11.3 Å². The summed E-state index contributed by atoms with van der Waals surface area (Å²) in [6, 6.07) is 9.10. The number of carbonyl (C=O) groups is 2. The third-order valence-electron chi connectivity index (χ3n) is 3.26. The predicted molar refractivity (Wildman–Crippen MR) is 98.5 cm³/mol. The van der Waals surface area contributed by atoms with Gasteiger partial charge in [0.1, 0.15) is 9.90 Å². The highest BCUT2D eigenvalue weighted by Gasteiger charge is 2.19. The Morgan fingerprint density at radius 2 is 1.74 bits per heavy atom. The van der Waals surface area contributed by atoms with Crippen LogP contribution in [0.4, 0.5) is 5.69 Å². The number of carbonyl (C=O) groups excluding carboxylic acids is 2. The molecule has 9 nitrogen and oxygen atoms in total. The summed E-state index contributed by atoms with van der Waals surface area (Å²) in [5, 5.41) is 1.63. The molecule has 2 amide bonds. The van der Waals surface area contributed by atoms with Crippen molar-refractivity contribution in [3.05, 3.63) is 71.6 Å². The van der Waals surface area contributed by atoms with Gasteiger partial charge in [-0.3, -0.25) is 30.1 Å². The van der Waals surface area contributed by atoms with E-state index in [0.29, 0.717) is 0 Å². The molecule has 0 radical (unpaired) electrons. The third kappa shape index (κ3) is 4.46. The van der Waals surface area contributed by atoms with E-state index in [1.807, 2.05) is 0 Å². The number of hydrazine groups is 1. The van der Waals surface area contributed by atoms with E-state index >= 15 is 0 Å². The molecule has 0 bridgehead atoms. The van der Waals surface area contributed by atoms with Crippen molar-refractivity contribution in [3.63, 3.8) is 0 Å². The number of para-hydroxylation sites is 1. The molecular weight excluding hydrogens is 390 g/mol. The summed E-state index contributed by atoms with van der Waals surface area (Å²) in [4.78, 5) is 31.9. The molecule has 0 unspecified atom stereocenters. The molecule has 1 aromatic carbocycles. The normalized spacial score (nSPS) is 10.8. The minimum atomic E-state index is -3.82. The van der Waals surface area contributed by atoms with Gasteiger partial charge in [-0.25, -0.2) is 13.4 Å². The number of thiophene rings is 1. The Hall–Kier alpha value is -3.31. The second kappa shape index (κ2) is 7.93. The van der Waals surface area contributed by atoms with Gasteiger partial charge in [-0.05, 0) is 23.6 Å². The first-order chi connectivity index (χ1) is 13.0. The zero-order valence-corrected chi connectivity index (χ0v) is 15.3. The lowest BCUT2D eigenvalue weighted by atomic mass is 10.2. The molecular formula is C16H13N5O4S2. The molecule has 2 aromatic heterocycles. The first kappa shape index (κ1) is 18.5. The van der Waals surface area contributed by atoms with Gasteiger partial charge in [0, 0.05) is 12.4 Å². The van der Waals surface area contributed by atoms with Crippen molar-refractivity contribution in [3.8, 4) is 0 Å². The Morgan fingerprint density at radius 1 is 0.963 bits per heavy atom. The van der Waals surface area contributed by atoms with Crippen molar-refractivity contribution in [1.82, 2.24) is 20.8 Å². The van der Waals surface area contributed by atoms with Crippen LogP contribution in [0.2, 0.25) is 0 Å². The summed E-state index contributed by atoms with van der Waals surface area (Å²) in [6.07, 6.45) is 3.99. The van der Waals surface area contributed by atoms with Gasteiger partial charge in [-0.2, -0.15) is 0 Å². The van der Waals surface area contributed by atoms with Crippen LogP contribution in [-0.4, -0.2) is 30.2 Å². The van der Waals surface area contributed by atoms with Gasteiger partial charge in [0.2, 0.25) is 0 Å². The molecule has 3 rings (SSSR count). The zero-order valence-electron chi connectivity index (χ0n) is 13.6. The molecule has 0 saturated carbocycles. The Morgan fingerprint density at radius 3 is 2.44 bits per heavy atom. The molecule has 27 heavy (non-hydrogen) atoms. The number of sulfonamides is 1. The largest absolute Gasteiger partial charge is 0.289 e. The zero-order chi connectivity index (χ0) is 19.3. The molecule has 3 N–H and O–H groups in total. The van der Waals surface area contributed by atoms with Crippen LogP contribution >= 0.6 is 11.3 Å². The van der Waals surface area contributed by atoms with E-state index < -0.39 is 21.8 Å². The lowest BCUT2D eigenvalue weighted by Gasteiger charge is -2.12. The lowest BCUT2D eigenvalue weighted by molar-refractivity contribution is 0.0844. The average Bonchev–Trinajstić information content (AvgIpc) is 3.22. The van der Waals surface area contributed by atoms with Gasteiger partial charge in [0.25, 0.3) is 21.8 Å². The number of hydrogen-bond donors (Lipinski definition) is 3. The van der Waals surface area contributed by atoms with Crippen LogP contribution in [0.1, 0.15) is 20.8 Å². The van der Waals surface area contributed by atoms with Crippen LogP contribution in [0.5, 0.6) is 0 Å². The SMILES string of the molecule is O=C(NNC(=O)c1ccccc1NS(=O)(=O)c1cccs1)c1cnccn1. The molecule has 0 fully saturated rings. The maximum Gasteiger partial charge on any atom is 0.289 e. The molecule has 0 atom stereocenters.